The molecule has 3 rings (SSSR count). The molecule has 5 heteroatoms. The van der Waals surface area contributed by atoms with Crippen LogP contribution < -0.4 is 10.2 Å². The number of nitrogens with zero attached hydrogens (tertiary/aromatic N) is 1. The minimum absolute atomic E-state index is 0.0225. The van der Waals surface area contributed by atoms with E-state index in [0.29, 0.717) is 18.9 Å². The standard InChI is InChI=1S/C16H20Cl2N2O/c1-15(11-16(15,17)18)14(21)19-9-12-7-8-20(10-12)13-5-3-2-4-6-13/h2-6,12H,7-11H2,1H3,(H,19,21)/t12-,15-/m0/s1. The van der Waals surface area contributed by atoms with E-state index < -0.39 is 9.75 Å². The lowest BCUT2D eigenvalue weighted by Gasteiger charge is -2.19. The van der Waals surface area contributed by atoms with Crippen LogP contribution in [0.4, 0.5) is 5.69 Å². The molecule has 1 aromatic rings. The molecule has 0 bridgehead atoms. The monoisotopic (exact) mass is 326 g/mol. The molecule has 3 nitrogen and oxygen atoms in total. The van der Waals surface area contributed by atoms with Gasteiger partial charge in [0, 0.05) is 25.3 Å². The predicted molar refractivity (Wildman–Crippen MR) is 86.9 cm³/mol. The fourth-order valence-electron chi connectivity index (χ4n) is 2.95. The smallest absolute Gasteiger partial charge is 0.229 e. The maximum Gasteiger partial charge on any atom is 0.229 e. The molecule has 0 radical (unpaired) electrons. The number of anilines is 1. The SMILES string of the molecule is C[C@@]1(C(=O)NC[C@@H]2CCN(c3ccccc3)C2)CC1(Cl)Cl. The largest absolute Gasteiger partial charge is 0.371 e. The van der Waals surface area contributed by atoms with Crippen molar-refractivity contribution >= 4 is 34.8 Å². The molecule has 0 unspecified atom stereocenters. The van der Waals surface area contributed by atoms with Crippen LogP contribution in [0.5, 0.6) is 0 Å². The van der Waals surface area contributed by atoms with Gasteiger partial charge >= 0.3 is 0 Å². The molecule has 21 heavy (non-hydrogen) atoms. The fourth-order valence-corrected chi connectivity index (χ4v) is 3.66. The lowest BCUT2D eigenvalue weighted by Crippen LogP contribution is -2.37. The molecular weight excluding hydrogens is 307 g/mol. The molecule has 2 aliphatic rings. The Morgan fingerprint density at radius 2 is 2.05 bits per heavy atom. The Morgan fingerprint density at radius 3 is 2.67 bits per heavy atom. The number of carbonyl (C=O) groups is 1. The minimum Gasteiger partial charge on any atom is -0.371 e. The number of hydrogen-bond donors (Lipinski definition) is 1. The Balaban J connectivity index is 1.49. The number of carbonyl (C=O) groups excluding carboxylic acids is 1. The summed E-state index contributed by atoms with van der Waals surface area (Å²) >= 11 is 12.1. The summed E-state index contributed by atoms with van der Waals surface area (Å²) in [5, 5.41) is 3.02. The third-order valence-electron chi connectivity index (χ3n) is 4.72. The van der Waals surface area contributed by atoms with Gasteiger partial charge in [0.1, 0.15) is 4.33 Å². The van der Waals surface area contributed by atoms with E-state index in [9.17, 15) is 4.79 Å². The van der Waals surface area contributed by atoms with E-state index in [1.54, 1.807) is 0 Å². The van der Waals surface area contributed by atoms with E-state index >= 15 is 0 Å². The first kappa shape index (κ1) is 15.0. The third kappa shape index (κ3) is 2.86. The van der Waals surface area contributed by atoms with Gasteiger partial charge in [0.25, 0.3) is 0 Å². The van der Waals surface area contributed by atoms with Gasteiger partial charge in [-0.25, -0.2) is 0 Å². The van der Waals surface area contributed by atoms with Crippen LogP contribution >= 0.6 is 23.2 Å². The van der Waals surface area contributed by atoms with Crippen molar-refractivity contribution < 1.29 is 4.79 Å². The topological polar surface area (TPSA) is 32.3 Å². The average Bonchev–Trinajstić information content (AvgIpc) is 2.83. The van der Waals surface area contributed by atoms with E-state index in [2.05, 4.69) is 34.5 Å². The fraction of sp³-hybridized carbons (Fsp3) is 0.562. The summed E-state index contributed by atoms with van der Waals surface area (Å²) in [7, 11) is 0. The van der Waals surface area contributed by atoms with E-state index in [4.69, 9.17) is 23.2 Å². The van der Waals surface area contributed by atoms with E-state index in [1.165, 1.54) is 5.69 Å². The number of hydrogen-bond acceptors (Lipinski definition) is 2. The number of amides is 1. The lowest BCUT2D eigenvalue weighted by atomic mass is 10.1. The highest BCUT2D eigenvalue weighted by atomic mass is 35.5. The molecule has 1 aliphatic heterocycles. The van der Waals surface area contributed by atoms with Gasteiger partial charge in [-0.1, -0.05) is 18.2 Å². The molecule has 1 heterocycles. The van der Waals surface area contributed by atoms with Gasteiger partial charge in [-0.3, -0.25) is 4.79 Å². The van der Waals surface area contributed by atoms with Crippen LogP contribution in [0.3, 0.4) is 0 Å². The molecular formula is C16H20Cl2N2O. The van der Waals surface area contributed by atoms with Crippen molar-refractivity contribution in [2.75, 3.05) is 24.5 Å². The zero-order valence-corrected chi connectivity index (χ0v) is 13.6. The summed E-state index contributed by atoms with van der Waals surface area (Å²) in [4.78, 5) is 14.5. The van der Waals surface area contributed by atoms with Crippen molar-refractivity contribution in [2.24, 2.45) is 11.3 Å². The highest BCUT2D eigenvalue weighted by Crippen LogP contribution is 2.63. The molecule has 1 N–H and O–H groups in total. The third-order valence-corrected chi connectivity index (χ3v) is 5.82. The second kappa shape index (κ2) is 5.36. The van der Waals surface area contributed by atoms with E-state index in [-0.39, 0.29) is 5.91 Å². The zero-order valence-electron chi connectivity index (χ0n) is 12.1. The number of alkyl halides is 2. The van der Waals surface area contributed by atoms with Crippen LogP contribution in [0.1, 0.15) is 19.8 Å². The van der Waals surface area contributed by atoms with E-state index in [0.717, 1.165) is 19.5 Å². The van der Waals surface area contributed by atoms with Crippen LogP contribution in [-0.4, -0.2) is 29.9 Å². The molecule has 1 saturated heterocycles. The highest BCUT2D eigenvalue weighted by molar-refractivity contribution is 6.53. The van der Waals surface area contributed by atoms with Crippen molar-refractivity contribution in [3.8, 4) is 0 Å². The summed E-state index contributed by atoms with van der Waals surface area (Å²) < 4.78 is -0.886. The number of para-hydroxylation sites is 1. The van der Waals surface area contributed by atoms with Crippen LogP contribution in [0.2, 0.25) is 0 Å². The lowest BCUT2D eigenvalue weighted by molar-refractivity contribution is -0.125. The molecule has 2 fully saturated rings. The van der Waals surface area contributed by atoms with Gasteiger partial charge in [-0.15, -0.1) is 23.2 Å². The van der Waals surface area contributed by atoms with Crippen LogP contribution in [0.25, 0.3) is 0 Å². The molecule has 1 amide bonds. The normalized spacial score (nSPS) is 30.2. The Morgan fingerprint density at radius 1 is 1.38 bits per heavy atom. The maximum atomic E-state index is 12.2. The first-order valence-corrected chi connectivity index (χ1v) is 8.14. The zero-order chi connectivity index (χ0) is 15.1. The van der Waals surface area contributed by atoms with Crippen molar-refractivity contribution in [3.05, 3.63) is 30.3 Å². The summed E-state index contributed by atoms with van der Waals surface area (Å²) in [5.41, 5.74) is 0.634. The number of rotatable bonds is 4. The molecule has 1 aromatic carbocycles. The van der Waals surface area contributed by atoms with Crippen molar-refractivity contribution in [1.29, 1.82) is 0 Å². The van der Waals surface area contributed by atoms with Gasteiger partial charge in [-0.05, 0) is 37.8 Å². The molecule has 1 saturated carbocycles. The molecule has 0 aromatic heterocycles. The molecule has 114 valence electrons. The van der Waals surface area contributed by atoms with Gasteiger partial charge in [-0.2, -0.15) is 0 Å². The van der Waals surface area contributed by atoms with Crippen molar-refractivity contribution in [2.45, 2.75) is 24.1 Å². The van der Waals surface area contributed by atoms with Crippen molar-refractivity contribution in [1.82, 2.24) is 5.32 Å². The first-order chi connectivity index (χ1) is 9.92. The summed E-state index contributed by atoms with van der Waals surface area (Å²) in [6.07, 6.45) is 1.63. The number of benzene rings is 1. The second-order valence-corrected chi connectivity index (χ2v) is 7.84. The van der Waals surface area contributed by atoms with Gasteiger partial charge in [0.05, 0.1) is 5.41 Å². The van der Waals surface area contributed by atoms with Gasteiger partial charge in [0.2, 0.25) is 5.91 Å². The Hall–Kier alpha value is -0.930. The maximum absolute atomic E-state index is 12.2. The van der Waals surface area contributed by atoms with Gasteiger partial charge in [0.15, 0.2) is 0 Å². The Bertz CT molecular complexity index is 534. The van der Waals surface area contributed by atoms with Crippen LogP contribution in [-0.2, 0) is 4.79 Å². The molecule has 1 aliphatic carbocycles. The summed E-state index contributed by atoms with van der Waals surface area (Å²) in [6.45, 7) is 4.54. The first-order valence-electron chi connectivity index (χ1n) is 7.38. The molecule has 2 atom stereocenters. The highest BCUT2D eigenvalue weighted by Gasteiger charge is 2.67. The van der Waals surface area contributed by atoms with E-state index in [1.807, 2.05) is 13.0 Å². The number of nitrogens with one attached hydrogen (secondary N) is 1. The van der Waals surface area contributed by atoms with Crippen LogP contribution in [0, 0.1) is 11.3 Å². The Labute approximate surface area is 135 Å². The summed E-state index contributed by atoms with van der Waals surface area (Å²) in [6, 6.07) is 10.4. The van der Waals surface area contributed by atoms with Gasteiger partial charge < -0.3 is 10.2 Å². The second-order valence-electron chi connectivity index (χ2n) is 6.36. The minimum atomic E-state index is -0.886. The van der Waals surface area contributed by atoms with Crippen LogP contribution in [0.15, 0.2) is 30.3 Å². The Kier molecular flexibility index (Phi) is 3.83. The summed E-state index contributed by atoms with van der Waals surface area (Å²) in [5.74, 6) is 0.460. The predicted octanol–water partition coefficient (Wildman–Crippen LogP) is 3.21. The van der Waals surface area contributed by atoms with Crippen molar-refractivity contribution in [3.63, 3.8) is 0 Å². The molecule has 0 spiro atoms. The average molecular weight is 327 g/mol. The quantitative estimate of drug-likeness (QED) is 0.861. The number of halogens is 2.